The Labute approximate surface area is 263 Å². The second kappa shape index (κ2) is 13.2. The number of allylic oxidation sites excluding steroid dienone is 1. The van der Waals surface area contributed by atoms with Crippen molar-refractivity contribution in [1.82, 2.24) is 4.57 Å². The van der Waals surface area contributed by atoms with Crippen molar-refractivity contribution in [3.8, 4) is 11.5 Å². The monoisotopic (exact) mass is 628 g/mol. The lowest BCUT2D eigenvalue weighted by Gasteiger charge is -2.25. The molecule has 45 heavy (non-hydrogen) atoms. The highest BCUT2D eigenvalue weighted by Gasteiger charge is 2.33. The number of thiazole rings is 1. The van der Waals surface area contributed by atoms with Gasteiger partial charge in [0.25, 0.3) is 11.2 Å². The van der Waals surface area contributed by atoms with Crippen LogP contribution >= 0.6 is 11.3 Å². The van der Waals surface area contributed by atoms with E-state index >= 15 is 0 Å². The van der Waals surface area contributed by atoms with Gasteiger partial charge in [0.1, 0.15) is 6.61 Å². The first-order valence-corrected chi connectivity index (χ1v) is 14.9. The van der Waals surface area contributed by atoms with Crippen molar-refractivity contribution >= 4 is 34.8 Å². The Hall–Kier alpha value is -5.23. The van der Waals surface area contributed by atoms with E-state index in [1.54, 1.807) is 54.8 Å². The first-order valence-electron chi connectivity index (χ1n) is 14.1. The Bertz CT molecular complexity index is 1960. The normalized spacial score (nSPS) is 14.4. The first-order chi connectivity index (χ1) is 21.6. The number of methoxy groups -OCH3 is 1. The molecule has 0 radical (unpaired) electrons. The highest BCUT2D eigenvalue weighted by molar-refractivity contribution is 7.07. The number of nitrogens with zero attached hydrogens (tertiary/aromatic N) is 4. The van der Waals surface area contributed by atoms with E-state index in [-0.39, 0.29) is 24.5 Å². The topological polar surface area (TPSA) is 126 Å². The highest BCUT2D eigenvalue weighted by Crippen LogP contribution is 2.32. The molecule has 0 aliphatic carbocycles. The van der Waals surface area contributed by atoms with Gasteiger partial charge < -0.3 is 19.1 Å². The van der Waals surface area contributed by atoms with Crippen molar-refractivity contribution in [2.24, 2.45) is 4.99 Å². The van der Waals surface area contributed by atoms with Crippen molar-refractivity contribution in [2.75, 3.05) is 32.7 Å². The van der Waals surface area contributed by atoms with Gasteiger partial charge in [-0.15, -0.1) is 0 Å². The van der Waals surface area contributed by atoms with Crippen LogP contribution in [0.2, 0.25) is 0 Å². The summed E-state index contributed by atoms with van der Waals surface area (Å²) in [6, 6.07) is 18.4. The van der Waals surface area contributed by atoms with E-state index in [1.165, 1.54) is 30.6 Å². The number of hydrogen-bond donors (Lipinski definition) is 0. The number of anilines is 1. The van der Waals surface area contributed by atoms with Gasteiger partial charge in [-0.3, -0.25) is 19.5 Å². The molecule has 0 saturated carbocycles. The van der Waals surface area contributed by atoms with E-state index in [4.69, 9.17) is 14.2 Å². The fraction of sp³-hybridized carbons (Fsp3) is 0.242. The summed E-state index contributed by atoms with van der Waals surface area (Å²) in [5.41, 5.74) is 3.76. The summed E-state index contributed by atoms with van der Waals surface area (Å²) in [5, 5.41) is 10.9. The molecule has 0 fully saturated rings. The number of carbonyl (C=O) groups is 1. The molecule has 0 unspecified atom stereocenters. The second-order valence-corrected chi connectivity index (χ2v) is 11.4. The molecular weight excluding hydrogens is 596 g/mol. The van der Waals surface area contributed by atoms with E-state index in [2.05, 4.69) is 4.99 Å². The van der Waals surface area contributed by atoms with Crippen LogP contribution in [0.1, 0.15) is 36.6 Å². The van der Waals surface area contributed by atoms with Crippen LogP contribution in [0, 0.1) is 10.1 Å². The summed E-state index contributed by atoms with van der Waals surface area (Å²) in [7, 11) is 5.41. The van der Waals surface area contributed by atoms with Crippen molar-refractivity contribution in [2.45, 2.75) is 26.5 Å². The van der Waals surface area contributed by atoms with E-state index < -0.39 is 16.9 Å². The van der Waals surface area contributed by atoms with Gasteiger partial charge in [0.2, 0.25) is 0 Å². The molecule has 11 nitrogen and oxygen atoms in total. The van der Waals surface area contributed by atoms with Crippen LogP contribution in [-0.4, -0.2) is 43.3 Å². The number of nitro groups is 1. The Morgan fingerprint density at radius 2 is 1.80 bits per heavy atom. The maximum atomic E-state index is 14.0. The molecule has 232 valence electrons. The van der Waals surface area contributed by atoms with Gasteiger partial charge >= 0.3 is 5.97 Å². The molecule has 3 aromatic carbocycles. The molecule has 4 aromatic rings. The summed E-state index contributed by atoms with van der Waals surface area (Å²) in [5.74, 6) is 0.423. The van der Waals surface area contributed by atoms with Gasteiger partial charge in [-0.25, -0.2) is 9.79 Å². The number of esters is 1. The van der Waals surface area contributed by atoms with E-state index in [1.807, 2.05) is 43.3 Å². The minimum absolute atomic E-state index is 0.00629. The van der Waals surface area contributed by atoms with Crippen molar-refractivity contribution in [1.29, 1.82) is 0 Å². The largest absolute Gasteiger partial charge is 0.493 e. The first kappa shape index (κ1) is 31.2. The van der Waals surface area contributed by atoms with E-state index in [0.29, 0.717) is 37.7 Å². The van der Waals surface area contributed by atoms with Gasteiger partial charge in [0.05, 0.1) is 40.5 Å². The predicted octanol–water partition coefficient (Wildman–Crippen LogP) is 4.36. The summed E-state index contributed by atoms with van der Waals surface area (Å²) >= 11 is 1.24. The lowest BCUT2D eigenvalue weighted by molar-refractivity contribution is -0.384. The average molecular weight is 629 g/mol. The molecule has 1 aliphatic heterocycles. The third-order valence-electron chi connectivity index (χ3n) is 7.27. The number of nitro benzene ring substituents is 1. The van der Waals surface area contributed by atoms with Gasteiger partial charge in [-0.2, -0.15) is 0 Å². The fourth-order valence-electron chi connectivity index (χ4n) is 4.98. The molecule has 1 aliphatic rings. The maximum absolute atomic E-state index is 14.0. The number of benzene rings is 3. The predicted molar refractivity (Wildman–Crippen MR) is 172 cm³/mol. The fourth-order valence-corrected chi connectivity index (χ4v) is 6.03. The number of hydrogen-bond acceptors (Lipinski definition) is 10. The van der Waals surface area contributed by atoms with E-state index in [9.17, 15) is 19.7 Å². The molecule has 0 bridgehead atoms. The summed E-state index contributed by atoms with van der Waals surface area (Å²) in [6.07, 6.45) is 1.75. The van der Waals surface area contributed by atoms with Crippen LogP contribution in [0.5, 0.6) is 11.5 Å². The third kappa shape index (κ3) is 6.50. The van der Waals surface area contributed by atoms with Crippen molar-refractivity contribution in [3.63, 3.8) is 0 Å². The van der Waals surface area contributed by atoms with Gasteiger partial charge in [0.15, 0.2) is 16.3 Å². The molecule has 5 rings (SSSR count). The Balaban J connectivity index is 1.50. The zero-order chi connectivity index (χ0) is 32.2. The second-order valence-electron chi connectivity index (χ2n) is 10.4. The SMILES string of the molecule is CCOC(=O)C1=C(C)N=c2s/c(=C\c3ccc(OCc4ccc([N+](=O)[O-])cc4)c(OC)c3)c(=O)n2[C@@H]1c1ccc(N(C)C)cc1. The number of fused-ring (bicyclic) bond motifs is 1. The molecule has 12 heteroatoms. The molecular formula is C33H32N4O7S. The van der Waals surface area contributed by atoms with Crippen LogP contribution in [-0.2, 0) is 16.1 Å². The lowest BCUT2D eigenvalue weighted by atomic mass is 9.95. The van der Waals surface area contributed by atoms with Crippen LogP contribution in [0.3, 0.4) is 0 Å². The van der Waals surface area contributed by atoms with Crippen molar-refractivity contribution < 1.29 is 23.9 Å². The molecule has 2 heterocycles. The van der Waals surface area contributed by atoms with Crippen LogP contribution in [0.25, 0.3) is 6.08 Å². The zero-order valence-electron chi connectivity index (χ0n) is 25.5. The van der Waals surface area contributed by atoms with Crippen molar-refractivity contribution in [3.05, 3.63) is 124 Å². The Kier molecular flexibility index (Phi) is 9.14. The summed E-state index contributed by atoms with van der Waals surface area (Å²) in [6.45, 7) is 3.88. The van der Waals surface area contributed by atoms with Gasteiger partial charge in [-0.05, 0) is 73.0 Å². The van der Waals surface area contributed by atoms with E-state index in [0.717, 1.165) is 16.8 Å². The van der Waals surface area contributed by atoms with Crippen LogP contribution in [0.15, 0.2) is 87.8 Å². The standard InChI is InChI=1S/C33H32N4O7S/c1-6-43-32(39)29-20(2)34-33-36(30(29)23-10-14-24(15-11-23)35(3)4)31(38)28(45-33)18-22-9-16-26(27(17-22)42-5)44-19-21-7-12-25(13-8-21)37(40)41/h7-18,30H,6,19H2,1-5H3/b28-18-/t30-/m1/s1. The average Bonchev–Trinajstić information content (AvgIpc) is 3.33. The van der Waals surface area contributed by atoms with Crippen LogP contribution in [0.4, 0.5) is 11.4 Å². The quantitative estimate of drug-likeness (QED) is 0.144. The van der Waals surface area contributed by atoms with Gasteiger partial charge in [-0.1, -0.05) is 29.5 Å². The highest BCUT2D eigenvalue weighted by atomic mass is 32.1. The summed E-state index contributed by atoms with van der Waals surface area (Å²) < 4.78 is 18.9. The molecule has 0 amide bonds. The third-order valence-corrected chi connectivity index (χ3v) is 8.25. The summed E-state index contributed by atoms with van der Waals surface area (Å²) in [4.78, 5) is 44.7. The number of rotatable bonds is 10. The Morgan fingerprint density at radius 1 is 1.09 bits per heavy atom. The minimum Gasteiger partial charge on any atom is -0.493 e. The van der Waals surface area contributed by atoms with Crippen LogP contribution < -0.4 is 29.3 Å². The smallest absolute Gasteiger partial charge is 0.338 e. The lowest BCUT2D eigenvalue weighted by Crippen LogP contribution is -2.39. The molecule has 0 saturated heterocycles. The molecule has 0 spiro atoms. The molecule has 1 atom stereocenters. The zero-order valence-corrected chi connectivity index (χ0v) is 26.3. The number of ether oxygens (including phenoxy) is 3. The molecule has 0 N–H and O–H groups in total. The molecule has 1 aromatic heterocycles. The maximum Gasteiger partial charge on any atom is 0.338 e. The number of aromatic nitrogens is 1. The Morgan fingerprint density at radius 3 is 2.42 bits per heavy atom. The minimum atomic E-state index is -0.705. The number of carbonyl (C=O) groups excluding carboxylic acids is 1. The van der Waals surface area contributed by atoms with Gasteiger partial charge in [0, 0.05) is 31.9 Å². The number of non-ortho nitro benzene ring substituents is 1.